The molecule has 0 amide bonds. The molecule has 1 aliphatic rings. The smallest absolute Gasteiger partial charge is 0.331 e. The summed E-state index contributed by atoms with van der Waals surface area (Å²) in [5.74, 6) is -0.525. The highest BCUT2D eigenvalue weighted by molar-refractivity contribution is 5.77. The van der Waals surface area contributed by atoms with Gasteiger partial charge in [-0.3, -0.25) is 4.68 Å². The van der Waals surface area contributed by atoms with E-state index in [0.717, 1.165) is 0 Å². The van der Waals surface area contributed by atoms with Crippen LogP contribution in [-0.2, 0) is 10.3 Å². The number of carbonyl (C=O) groups is 1. The van der Waals surface area contributed by atoms with Gasteiger partial charge >= 0.3 is 5.97 Å². The van der Waals surface area contributed by atoms with Crippen molar-refractivity contribution in [1.82, 2.24) is 14.8 Å². The van der Waals surface area contributed by atoms with Gasteiger partial charge < -0.3 is 14.4 Å². The lowest BCUT2D eigenvalue weighted by atomic mass is 9.87. The lowest BCUT2D eigenvalue weighted by Crippen LogP contribution is -2.51. The van der Waals surface area contributed by atoms with Gasteiger partial charge in [0.2, 0.25) is 0 Å². The molecule has 1 saturated heterocycles. The van der Waals surface area contributed by atoms with Gasteiger partial charge in [-0.1, -0.05) is 0 Å². The molecule has 0 bridgehead atoms. The van der Waals surface area contributed by atoms with Crippen molar-refractivity contribution in [2.75, 3.05) is 18.0 Å². The van der Waals surface area contributed by atoms with Gasteiger partial charge in [0.25, 0.3) is 0 Å². The third kappa shape index (κ3) is 2.63. The second kappa shape index (κ2) is 6.29. The van der Waals surface area contributed by atoms with Crippen LogP contribution < -0.4 is 4.90 Å². The van der Waals surface area contributed by atoms with Crippen LogP contribution in [0.15, 0.2) is 53.4 Å². The zero-order valence-electron chi connectivity index (χ0n) is 13.9. The summed E-state index contributed by atoms with van der Waals surface area (Å²) in [5.41, 5.74) is -0.596. The van der Waals surface area contributed by atoms with E-state index in [1.165, 1.54) is 23.0 Å². The number of furan rings is 1. The van der Waals surface area contributed by atoms with E-state index in [0.29, 0.717) is 24.5 Å². The number of piperidine rings is 1. The largest absolute Gasteiger partial charge is 0.479 e. The molecule has 1 aliphatic heterocycles. The summed E-state index contributed by atoms with van der Waals surface area (Å²) in [4.78, 5) is 17.9. The maximum Gasteiger partial charge on any atom is 0.331 e. The van der Waals surface area contributed by atoms with E-state index in [9.17, 15) is 14.3 Å². The SMILES string of the molecule is O=C(O)C1(n2ccc(-c3ccco3)n2)CCN(c2ncccc2F)CC1. The Morgan fingerprint density at radius 3 is 2.69 bits per heavy atom. The highest BCUT2D eigenvalue weighted by Crippen LogP contribution is 2.33. The second-order valence-corrected chi connectivity index (χ2v) is 6.26. The molecule has 0 aliphatic carbocycles. The van der Waals surface area contributed by atoms with Gasteiger partial charge in [-0.2, -0.15) is 5.10 Å². The summed E-state index contributed by atoms with van der Waals surface area (Å²) >= 11 is 0. The number of hydrogen-bond acceptors (Lipinski definition) is 5. The van der Waals surface area contributed by atoms with Gasteiger partial charge in [-0.25, -0.2) is 14.2 Å². The third-order valence-corrected chi connectivity index (χ3v) is 4.83. The Kier molecular flexibility index (Phi) is 3.95. The van der Waals surface area contributed by atoms with E-state index in [1.54, 1.807) is 35.6 Å². The number of rotatable bonds is 4. The van der Waals surface area contributed by atoms with E-state index in [-0.39, 0.29) is 18.7 Å². The normalized spacial score (nSPS) is 16.6. The van der Waals surface area contributed by atoms with Crippen LogP contribution in [0.1, 0.15) is 12.8 Å². The van der Waals surface area contributed by atoms with Crippen molar-refractivity contribution in [3.05, 3.63) is 54.8 Å². The summed E-state index contributed by atoms with van der Waals surface area (Å²) in [6, 6.07) is 8.14. The molecule has 0 atom stereocenters. The van der Waals surface area contributed by atoms with E-state index in [4.69, 9.17) is 4.42 Å². The number of aromatic nitrogens is 3. The minimum atomic E-state index is -1.17. The number of halogens is 1. The first-order chi connectivity index (χ1) is 12.6. The molecule has 1 fully saturated rings. The summed E-state index contributed by atoms with van der Waals surface area (Å²) in [6.45, 7) is 0.742. The number of pyridine rings is 1. The molecular weight excluding hydrogens is 339 g/mol. The van der Waals surface area contributed by atoms with Crippen LogP contribution in [0, 0.1) is 5.82 Å². The van der Waals surface area contributed by atoms with Crippen molar-refractivity contribution >= 4 is 11.8 Å². The Labute approximate surface area is 148 Å². The minimum Gasteiger partial charge on any atom is -0.479 e. The lowest BCUT2D eigenvalue weighted by Gasteiger charge is -2.39. The van der Waals surface area contributed by atoms with Gasteiger partial charge in [0.1, 0.15) is 5.69 Å². The van der Waals surface area contributed by atoms with Crippen LogP contribution in [0.3, 0.4) is 0 Å². The Morgan fingerprint density at radius 2 is 2.04 bits per heavy atom. The number of nitrogens with zero attached hydrogens (tertiary/aromatic N) is 4. The third-order valence-electron chi connectivity index (χ3n) is 4.83. The molecule has 0 saturated carbocycles. The van der Waals surface area contributed by atoms with Crippen molar-refractivity contribution in [3.8, 4) is 11.5 Å². The Morgan fingerprint density at radius 1 is 1.23 bits per heavy atom. The summed E-state index contributed by atoms with van der Waals surface area (Å²) in [7, 11) is 0. The molecule has 0 unspecified atom stereocenters. The fraction of sp³-hybridized carbons (Fsp3) is 0.278. The van der Waals surface area contributed by atoms with Crippen LogP contribution in [0.4, 0.5) is 10.2 Å². The maximum atomic E-state index is 14.0. The van der Waals surface area contributed by atoms with Crippen LogP contribution in [0.25, 0.3) is 11.5 Å². The van der Waals surface area contributed by atoms with Crippen molar-refractivity contribution in [3.63, 3.8) is 0 Å². The van der Waals surface area contributed by atoms with Crippen molar-refractivity contribution in [2.24, 2.45) is 0 Å². The highest BCUT2D eigenvalue weighted by atomic mass is 19.1. The topological polar surface area (TPSA) is 84.4 Å². The monoisotopic (exact) mass is 356 g/mol. The predicted octanol–water partition coefficient (Wildman–Crippen LogP) is 2.76. The molecule has 8 heteroatoms. The van der Waals surface area contributed by atoms with Gasteiger partial charge in [-0.15, -0.1) is 0 Å². The number of anilines is 1. The standard InChI is InChI=1S/C18H17FN4O3/c19-13-3-1-8-20-16(13)22-10-6-18(7-11-22,17(24)25)23-9-5-14(21-23)15-4-2-12-26-15/h1-5,8-9,12H,6-7,10-11H2,(H,24,25). The van der Waals surface area contributed by atoms with Crippen LogP contribution in [-0.4, -0.2) is 38.9 Å². The molecular formula is C18H17FN4O3. The lowest BCUT2D eigenvalue weighted by molar-refractivity contribution is -0.149. The fourth-order valence-electron chi connectivity index (χ4n) is 3.36. The fourth-order valence-corrected chi connectivity index (χ4v) is 3.36. The van der Waals surface area contributed by atoms with E-state index in [1.807, 2.05) is 0 Å². The quantitative estimate of drug-likeness (QED) is 0.774. The van der Waals surface area contributed by atoms with Gasteiger partial charge in [0, 0.05) is 38.3 Å². The van der Waals surface area contributed by atoms with E-state index in [2.05, 4.69) is 10.1 Å². The maximum absolute atomic E-state index is 14.0. The second-order valence-electron chi connectivity index (χ2n) is 6.26. The Balaban J connectivity index is 1.60. The first-order valence-electron chi connectivity index (χ1n) is 8.29. The van der Waals surface area contributed by atoms with Crippen molar-refractivity contribution < 1.29 is 18.7 Å². The molecule has 0 aromatic carbocycles. The first kappa shape index (κ1) is 16.3. The number of carboxylic acid groups (broad SMARTS) is 1. The molecule has 1 N–H and O–H groups in total. The number of aliphatic carboxylic acids is 1. The highest BCUT2D eigenvalue weighted by Gasteiger charge is 2.44. The average Bonchev–Trinajstić information content (AvgIpc) is 3.34. The Bertz CT molecular complexity index is 914. The summed E-state index contributed by atoms with van der Waals surface area (Å²) in [5, 5.41) is 14.3. The molecule has 0 radical (unpaired) electrons. The van der Waals surface area contributed by atoms with Crippen LogP contribution >= 0.6 is 0 Å². The van der Waals surface area contributed by atoms with E-state index >= 15 is 0 Å². The Hall–Kier alpha value is -3.16. The molecule has 134 valence electrons. The van der Waals surface area contributed by atoms with Crippen molar-refractivity contribution in [2.45, 2.75) is 18.4 Å². The van der Waals surface area contributed by atoms with Crippen LogP contribution in [0.5, 0.6) is 0 Å². The molecule has 3 aromatic heterocycles. The molecule has 0 spiro atoms. The first-order valence-corrected chi connectivity index (χ1v) is 8.29. The zero-order chi connectivity index (χ0) is 18.1. The molecule has 4 rings (SSSR count). The van der Waals surface area contributed by atoms with Crippen molar-refractivity contribution in [1.29, 1.82) is 0 Å². The summed E-state index contributed by atoms with van der Waals surface area (Å²) in [6.07, 6.45) is 5.31. The minimum absolute atomic E-state index is 0.253. The van der Waals surface area contributed by atoms with E-state index < -0.39 is 17.3 Å². The van der Waals surface area contributed by atoms with Gasteiger partial charge in [0.15, 0.2) is 22.9 Å². The number of hydrogen-bond donors (Lipinski definition) is 1. The molecule has 4 heterocycles. The average molecular weight is 356 g/mol. The van der Waals surface area contributed by atoms with Gasteiger partial charge in [0.05, 0.1) is 6.26 Å². The molecule has 7 nitrogen and oxygen atoms in total. The molecule has 3 aromatic rings. The van der Waals surface area contributed by atoms with Gasteiger partial charge in [-0.05, 0) is 30.3 Å². The van der Waals surface area contributed by atoms with Crippen LogP contribution in [0.2, 0.25) is 0 Å². The number of carboxylic acids is 1. The zero-order valence-corrected chi connectivity index (χ0v) is 13.9. The predicted molar refractivity (Wildman–Crippen MR) is 91.2 cm³/mol. The summed E-state index contributed by atoms with van der Waals surface area (Å²) < 4.78 is 20.8. The molecule has 26 heavy (non-hydrogen) atoms.